The van der Waals surface area contributed by atoms with Gasteiger partial charge in [0.05, 0.1) is 0 Å². The molecular weight excluding hydrogens is 420 g/mol. The molecule has 2 aromatic heterocycles. The second kappa shape index (κ2) is 11.1. The monoisotopic (exact) mass is 446 g/mol. The van der Waals surface area contributed by atoms with E-state index in [9.17, 15) is 14.9 Å². The number of ether oxygens (including phenoxy) is 2. The Kier molecular flexibility index (Phi) is 7.95. The van der Waals surface area contributed by atoms with Gasteiger partial charge in [0.25, 0.3) is 11.5 Å². The number of carbonyl (C=O) groups excluding carboxylic acids is 1. The maximum Gasteiger partial charge on any atom is 0.269 e. The molecule has 8 nitrogen and oxygen atoms in total. The van der Waals surface area contributed by atoms with Gasteiger partial charge in [-0.2, -0.15) is 10.2 Å². The Morgan fingerprint density at radius 2 is 2.09 bits per heavy atom. The number of hydrogen-bond donors (Lipinski definition) is 1. The average molecular weight is 447 g/mol. The van der Waals surface area contributed by atoms with Crippen molar-refractivity contribution in [3.8, 4) is 17.7 Å². The summed E-state index contributed by atoms with van der Waals surface area (Å²) in [5.74, 6) is -0.0607. The number of nitrogens with one attached hydrogen (secondary N) is 1. The van der Waals surface area contributed by atoms with E-state index >= 15 is 0 Å². The molecule has 33 heavy (non-hydrogen) atoms. The first-order chi connectivity index (χ1) is 15.9. The highest BCUT2D eigenvalue weighted by Crippen LogP contribution is 2.25. The van der Waals surface area contributed by atoms with Crippen LogP contribution < -0.4 is 15.6 Å². The Morgan fingerprint density at radius 1 is 1.27 bits per heavy atom. The van der Waals surface area contributed by atoms with Crippen LogP contribution in [0.3, 0.4) is 0 Å². The molecule has 1 amide bonds. The molecule has 8 heteroatoms. The minimum Gasteiger partial charge on any atom is -0.438 e. The predicted molar refractivity (Wildman–Crippen MR) is 125 cm³/mol. The van der Waals surface area contributed by atoms with E-state index in [1.54, 1.807) is 18.3 Å². The Hall–Kier alpha value is -3.96. The lowest BCUT2D eigenvalue weighted by molar-refractivity contribution is -0.117. The van der Waals surface area contributed by atoms with Gasteiger partial charge in [0.1, 0.15) is 28.6 Å². The highest BCUT2D eigenvalue weighted by Gasteiger charge is 2.18. The Labute approximate surface area is 192 Å². The van der Waals surface area contributed by atoms with Crippen LogP contribution in [0.2, 0.25) is 0 Å². The second-order valence-electron chi connectivity index (χ2n) is 7.42. The van der Waals surface area contributed by atoms with E-state index in [0.717, 1.165) is 11.1 Å². The van der Waals surface area contributed by atoms with Crippen molar-refractivity contribution >= 4 is 17.6 Å². The summed E-state index contributed by atoms with van der Waals surface area (Å²) in [6, 6.07) is 12.8. The number of aromatic nitrogens is 2. The summed E-state index contributed by atoms with van der Waals surface area (Å²) in [6.07, 6.45) is 3.43. The SMILES string of the molecule is CCOCCCNC(=O)C(C#N)=Cc1c(Oc2cccc(C)c2)nc2c(C)cccn2c1=O. The molecule has 3 rings (SSSR count). The normalized spacial score (nSPS) is 11.3. The van der Waals surface area contributed by atoms with Gasteiger partial charge in [-0.1, -0.05) is 18.2 Å². The fraction of sp³-hybridized carbons (Fsp3) is 0.280. The molecule has 0 aliphatic carbocycles. The summed E-state index contributed by atoms with van der Waals surface area (Å²) in [7, 11) is 0. The number of aryl methyl sites for hydroxylation is 2. The van der Waals surface area contributed by atoms with Crippen LogP contribution in [0.4, 0.5) is 0 Å². The van der Waals surface area contributed by atoms with Crippen LogP contribution in [0.1, 0.15) is 30.0 Å². The van der Waals surface area contributed by atoms with E-state index in [4.69, 9.17) is 9.47 Å². The van der Waals surface area contributed by atoms with Gasteiger partial charge in [0.15, 0.2) is 0 Å². The number of fused-ring (bicyclic) bond motifs is 1. The topological polar surface area (TPSA) is 106 Å². The molecule has 0 bridgehead atoms. The smallest absolute Gasteiger partial charge is 0.269 e. The first-order valence-electron chi connectivity index (χ1n) is 10.7. The summed E-state index contributed by atoms with van der Waals surface area (Å²) >= 11 is 0. The molecule has 0 unspecified atom stereocenters. The number of pyridine rings is 1. The van der Waals surface area contributed by atoms with Crippen LogP contribution in [-0.4, -0.2) is 35.1 Å². The number of rotatable bonds is 9. The van der Waals surface area contributed by atoms with Gasteiger partial charge < -0.3 is 14.8 Å². The standard InChI is InChI=1S/C25H26N4O4/c1-4-32-13-7-11-27-23(30)19(16-26)15-21-24(33-20-10-5-8-17(2)14-20)28-22-18(3)9-6-12-29(22)25(21)31/h5-6,8-10,12,14-15H,4,7,11,13H2,1-3H3,(H,27,30). The minimum absolute atomic E-state index is 0.0145. The number of nitrogens with zero attached hydrogens (tertiary/aromatic N) is 3. The molecule has 170 valence electrons. The van der Waals surface area contributed by atoms with E-state index in [0.29, 0.717) is 37.6 Å². The summed E-state index contributed by atoms with van der Waals surface area (Å²) in [5, 5.41) is 12.3. The molecule has 0 fully saturated rings. The van der Waals surface area contributed by atoms with Crippen LogP contribution in [0.5, 0.6) is 11.6 Å². The van der Waals surface area contributed by atoms with Gasteiger partial charge in [-0.25, -0.2) is 0 Å². The fourth-order valence-electron chi connectivity index (χ4n) is 3.19. The predicted octanol–water partition coefficient (Wildman–Crippen LogP) is 3.55. The molecule has 0 aliphatic rings. The number of amides is 1. The maximum atomic E-state index is 13.3. The summed E-state index contributed by atoms with van der Waals surface area (Å²) < 4.78 is 12.6. The van der Waals surface area contributed by atoms with E-state index < -0.39 is 11.5 Å². The van der Waals surface area contributed by atoms with Crippen molar-refractivity contribution in [2.45, 2.75) is 27.2 Å². The molecule has 3 aromatic rings. The third-order valence-electron chi connectivity index (χ3n) is 4.86. The molecule has 0 saturated carbocycles. The zero-order valence-electron chi connectivity index (χ0n) is 18.9. The average Bonchev–Trinajstić information content (AvgIpc) is 2.79. The van der Waals surface area contributed by atoms with E-state index in [1.807, 2.05) is 51.1 Å². The van der Waals surface area contributed by atoms with Crippen molar-refractivity contribution in [2.75, 3.05) is 19.8 Å². The van der Waals surface area contributed by atoms with Gasteiger partial charge in [-0.15, -0.1) is 0 Å². The minimum atomic E-state index is -0.579. The van der Waals surface area contributed by atoms with Crippen LogP contribution >= 0.6 is 0 Å². The maximum absolute atomic E-state index is 13.3. The summed E-state index contributed by atoms with van der Waals surface area (Å²) in [6.45, 7) is 7.10. The van der Waals surface area contributed by atoms with Crippen molar-refractivity contribution in [3.05, 3.63) is 75.2 Å². The first kappa shape index (κ1) is 23.7. The lowest BCUT2D eigenvalue weighted by Crippen LogP contribution is -2.27. The molecule has 1 aromatic carbocycles. The third-order valence-corrected chi connectivity index (χ3v) is 4.86. The second-order valence-corrected chi connectivity index (χ2v) is 7.42. The first-order valence-corrected chi connectivity index (χ1v) is 10.7. The molecule has 0 aliphatic heterocycles. The van der Waals surface area contributed by atoms with Gasteiger partial charge in [-0.3, -0.25) is 14.0 Å². The lowest BCUT2D eigenvalue weighted by Gasteiger charge is -2.12. The third kappa shape index (κ3) is 5.84. The summed E-state index contributed by atoms with van der Waals surface area (Å²) in [5.41, 5.74) is 1.55. The Morgan fingerprint density at radius 3 is 2.82 bits per heavy atom. The number of carbonyl (C=O) groups is 1. The van der Waals surface area contributed by atoms with Crippen LogP contribution in [0.15, 0.2) is 53.0 Å². The highest BCUT2D eigenvalue weighted by molar-refractivity contribution is 6.01. The molecule has 0 saturated heterocycles. The van der Waals surface area contributed by atoms with Gasteiger partial charge in [-0.05, 0) is 62.6 Å². The van der Waals surface area contributed by atoms with E-state index in [2.05, 4.69) is 10.3 Å². The summed E-state index contributed by atoms with van der Waals surface area (Å²) in [4.78, 5) is 30.4. The molecule has 1 N–H and O–H groups in total. The molecule has 0 radical (unpaired) electrons. The number of benzene rings is 1. The van der Waals surface area contributed by atoms with Crippen LogP contribution in [0, 0.1) is 25.2 Å². The van der Waals surface area contributed by atoms with E-state index in [-0.39, 0.29) is 17.0 Å². The molecule has 0 spiro atoms. The fourth-order valence-corrected chi connectivity index (χ4v) is 3.19. The van der Waals surface area contributed by atoms with Gasteiger partial charge >= 0.3 is 0 Å². The highest BCUT2D eigenvalue weighted by atomic mass is 16.5. The largest absolute Gasteiger partial charge is 0.438 e. The lowest BCUT2D eigenvalue weighted by atomic mass is 10.1. The van der Waals surface area contributed by atoms with Gasteiger partial charge in [0.2, 0.25) is 5.88 Å². The zero-order chi connectivity index (χ0) is 23.8. The quantitative estimate of drug-likeness (QED) is 0.306. The van der Waals surface area contributed by atoms with Gasteiger partial charge in [0, 0.05) is 26.0 Å². The van der Waals surface area contributed by atoms with Crippen LogP contribution in [0.25, 0.3) is 11.7 Å². The Bertz CT molecular complexity index is 1290. The molecular formula is C25H26N4O4. The molecule has 0 atom stereocenters. The van der Waals surface area contributed by atoms with Crippen molar-refractivity contribution in [3.63, 3.8) is 0 Å². The Balaban J connectivity index is 2.03. The van der Waals surface area contributed by atoms with Crippen molar-refractivity contribution in [1.29, 1.82) is 5.26 Å². The number of hydrogen-bond acceptors (Lipinski definition) is 6. The van der Waals surface area contributed by atoms with E-state index in [1.165, 1.54) is 10.5 Å². The van der Waals surface area contributed by atoms with Crippen molar-refractivity contribution in [1.82, 2.24) is 14.7 Å². The van der Waals surface area contributed by atoms with Crippen molar-refractivity contribution in [2.24, 2.45) is 0 Å². The zero-order valence-corrected chi connectivity index (χ0v) is 18.9. The van der Waals surface area contributed by atoms with Crippen molar-refractivity contribution < 1.29 is 14.3 Å². The number of nitriles is 1. The van der Waals surface area contributed by atoms with Crippen LogP contribution in [-0.2, 0) is 9.53 Å². The molecule has 2 heterocycles.